The lowest BCUT2D eigenvalue weighted by Crippen LogP contribution is -2.06. The third-order valence-electron chi connectivity index (χ3n) is 4.31. The molecule has 0 aliphatic carbocycles. The molecule has 3 aromatic carbocycles. The summed E-state index contributed by atoms with van der Waals surface area (Å²) in [5, 5.41) is 3.78. The average Bonchev–Trinajstić information content (AvgIpc) is 2.67. The highest BCUT2D eigenvalue weighted by molar-refractivity contribution is 5.96. The van der Waals surface area contributed by atoms with Crippen LogP contribution in [0.5, 0.6) is 0 Å². The van der Waals surface area contributed by atoms with Crippen molar-refractivity contribution in [3.8, 4) is 11.1 Å². The molecule has 5 heteroatoms. The molecule has 0 radical (unpaired) electrons. The normalized spacial score (nSPS) is 11.5. The Hall–Kier alpha value is -3.34. The molecule has 0 amide bonds. The highest BCUT2D eigenvalue weighted by Crippen LogP contribution is 2.37. The van der Waals surface area contributed by atoms with E-state index in [1.54, 1.807) is 12.1 Å². The van der Waals surface area contributed by atoms with Gasteiger partial charge in [-0.3, -0.25) is 4.98 Å². The summed E-state index contributed by atoms with van der Waals surface area (Å²) in [6.07, 6.45) is -3.02. The van der Waals surface area contributed by atoms with E-state index in [0.29, 0.717) is 10.9 Å². The van der Waals surface area contributed by atoms with Crippen molar-refractivity contribution in [1.29, 1.82) is 0 Å². The lowest BCUT2D eigenvalue weighted by Gasteiger charge is -2.13. The van der Waals surface area contributed by atoms with E-state index in [9.17, 15) is 13.2 Å². The van der Waals surface area contributed by atoms with Crippen molar-refractivity contribution in [2.75, 3.05) is 5.32 Å². The van der Waals surface area contributed by atoms with Gasteiger partial charge in [-0.25, -0.2) is 0 Å². The largest absolute Gasteiger partial charge is 0.418 e. The number of hydrogen-bond acceptors (Lipinski definition) is 2. The number of fused-ring (bicyclic) bond motifs is 1. The molecule has 0 saturated heterocycles. The van der Waals surface area contributed by atoms with Crippen LogP contribution in [0.1, 0.15) is 5.56 Å². The molecule has 0 aliphatic heterocycles. The summed E-state index contributed by atoms with van der Waals surface area (Å²) in [4.78, 5) is 3.99. The van der Waals surface area contributed by atoms with E-state index in [1.807, 2.05) is 54.6 Å². The smallest absolute Gasteiger partial charge is 0.356 e. The zero-order valence-electron chi connectivity index (χ0n) is 14.2. The first kappa shape index (κ1) is 17.1. The molecular formula is C22H15F3N2. The molecule has 0 aliphatic rings. The summed E-state index contributed by atoms with van der Waals surface area (Å²) >= 11 is 0. The molecule has 0 saturated carbocycles. The van der Waals surface area contributed by atoms with E-state index >= 15 is 0 Å². The fourth-order valence-corrected chi connectivity index (χ4v) is 3.11. The number of nitrogens with one attached hydrogen (secondary N) is 1. The molecule has 1 heterocycles. The van der Waals surface area contributed by atoms with Gasteiger partial charge in [0.05, 0.1) is 11.1 Å². The lowest BCUT2D eigenvalue weighted by atomic mass is 9.99. The van der Waals surface area contributed by atoms with Crippen LogP contribution in [-0.2, 0) is 6.18 Å². The third-order valence-corrected chi connectivity index (χ3v) is 4.31. The second-order valence-electron chi connectivity index (χ2n) is 6.13. The number of alkyl halides is 3. The van der Waals surface area contributed by atoms with Crippen molar-refractivity contribution >= 4 is 22.3 Å². The van der Waals surface area contributed by atoms with Gasteiger partial charge in [0, 0.05) is 23.0 Å². The molecule has 1 N–H and O–H groups in total. The standard InChI is InChI=1S/C22H15F3N2/c23-22(24,25)20-11-5-10-19-18(12-13-26-21(19)20)15-6-4-9-17(14-15)27-16-7-2-1-3-8-16/h1-14,27H. The van der Waals surface area contributed by atoms with E-state index < -0.39 is 11.7 Å². The minimum Gasteiger partial charge on any atom is -0.356 e. The van der Waals surface area contributed by atoms with Crippen LogP contribution in [-0.4, -0.2) is 4.98 Å². The van der Waals surface area contributed by atoms with Gasteiger partial charge in [-0.15, -0.1) is 0 Å². The fraction of sp³-hybridized carbons (Fsp3) is 0.0455. The van der Waals surface area contributed by atoms with Gasteiger partial charge < -0.3 is 5.32 Å². The zero-order chi connectivity index (χ0) is 18.9. The monoisotopic (exact) mass is 364 g/mol. The van der Waals surface area contributed by atoms with E-state index in [4.69, 9.17) is 0 Å². The van der Waals surface area contributed by atoms with E-state index in [0.717, 1.165) is 23.0 Å². The van der Waals surface area contributed by atoms with Crippen LogP contribution >= 0.6 is 0 Å². The second-order valence-corrected chi connectivity index (χ2v) is 6.13. The Morgan fingerprint density at radius 2 is 1.48 bits per heavy atom. The minimum absolute atomic E-state index is 0.0380. The van der Waals surface area contributed by atoms with E-state index in [-0.39, 0.29) is 5.52 Å². The second kappa shape index (κ2) is 6.76. The van der Waals surface area contributed by atoms with Crippen LogP contribution in [0, 0.1) is 0 Å². The van der Waals surface area contributed by atoms with Gasteiger partial charge in [-0.05, 0) is 47.5 Å². The molecule has 0 spiro atoms. The highest BCUT2D eigenvalue weighted by atomic mass is 19.4. The average molecular weight is 364 g/mol. The van der Waals surface area contributed by atoms with Gasteiger partial charge in [0.1, 0.15) is 0 Å². The summed E-state index contributed by atoms with van der Waals surface area (Å²) in [5.74, 6) is 0. The minimum atomic E-state index is -4.44. The molecule has 4 aromatic rings. The van der Waals surface area contributed by atoms with Crippen LogP contribution in [0.25, 0.3) is 22.0 Å². The van der Waals surface area contributed by atoms with Gasteiger partial charge >= 0.3 is 6.18 Å². The van der Waals surface area contributed by atoms with Gasteiger partial charge in [0.25, 0.3) is 0 Å². The molecule has 4 rings (SSSR count). The van der Waals surface area contributed by atoms with Crippen molar-refractivity contribution in [3.05, 3.63) is 90.6 Å². The van der Waals surface area contributed by atoms with Crippen molar-refractivity contribution in [2.45, 2.75) is 6.18 Å². The Morgan fingerprint density at radius 3 is 2.26 bits per heavy atom. The maximum atomic E-state index is 13.3. The van der Waals surface area contributed by atoms with Gasteiger partial charge in [0.15, 0.2) is 0 Å². The predicted octanol–water partition coefficient (Wildman–Crippen LogP) is 6.66. The fourth-order valence-electron chi connectivity index (χ4n) is 3.11. The summed E-state index contributed by atoms with van der Waals surface area (Å²) in [6, 6.07) is 23.2. The topological polar surface area (TPSA) is 24.9 Å². The Labute approximate surface area is 154 Å². The number of aromatic nitrogens is 1. The molecule has 0 bridgehead atoms. The summed E-state index contributed by atoms with van der Waals surface area (Å²) in [5.41, 5.74) is 2.57. The zero-order valence-corrected chi connectivity index (χ0v) is 14.2. The van der Waals surface area contributed by atoms with Crippen molar-refractivity contribution in [3.63, 3.8) is 0 Å². The molecule has 0 atom stereocenters. The number of nitrogens with zero attached hydrogens (tertiary/aromatic N) is 1. The summed E-state index contributed by atoms with van der Waals surface area (Å²) in [6.45, 7) is 0. The van der Waals surface area contributed by atoms with E-state index in [2.05, 4.69) is 10.3 Å². The molecule has 0 fully saturated rings. The number of anilines is 2. The summed E-state index contributed by atoms with van der Waals surface area (Å²) < 4.78 is 39.9. The molecule has 134 valence electrons. The first-order valence-corrected chi connectivity index (χ1v) is 8.40. The highest BCUT2D eigenvalue weighted by Gasteiger charge is 2.33. The Kier molecular flexibility index (Phi) is 4.28. The first-order chi connectivity index (χ1) is 13.0. The molecule has 27 heavy (non-hydrogen) atoms. The number of para-hydroxylation sites is 2. The van der Waals surface area contributed by atoms with Crippen molar-refractivity contribution in [2.24, 2.45) is 0 Å². The van der Waals surface area contributed by atoms with Crippen LogP contribution in [0.2, 0.25) is 0 Å². The van der Waals surface area contributed by atoms with Crippen LogP contribution in [0.3, 0.4) is 0 Å². The molecule has 1 aromatic heterocycles. The van der Waals surface area contributed by atoms with Crippen LogP contribution < -0.4 is 5.32 Å². The molecule has 0 unspecified atom stereocenters. The maximum Gasteiger partial charge on any atom is 0.418 e. The number of benzene rings is 3. The molecular weight excluding hydrogens is 349 g/mol. The first-order valence-electron chi connectivity index (χ1n) is 8.40. The van der Waals surface area contributed by atoms with Crippen LogP contribution in [0.15, 0.2) is 85.1 Å². The number of hydrogen-bond donors (Lipinski definition) is 1. The number of rotatable bonds is 3. The van der Waals surface area contributed by atoms with Gasteiger partial charge in [-0.2, -0.15) is 13.2 Å². The summed E-state index contributed by atoms with van der Waals surface area (Å²) in [7, 11) is 0. The van der Waals surface area contributed by atoms with Crippen LogP contribution in [0.4, 0.5) is 24.5 Å². The van der Waals surface area contributed by atoms with Crippen molar-refractivity contribution < 1.29 is 13.2 Å². The Morgan fingerprint density at radius 1 is 0.741 bits per heavy atom. The number of halogens is 3. The van der Waals surface area contributed by atoms with Gasteiger partial charge in [0.2, 0.25) is 0 Å². The van der Waals surface area contributed by atoms with Gasteiger partial charge in [-0.1, -0.05) is 42.5 Å². The van der Waals surface area contributed by atoms with E-state index in [1.165, 1.54) is 12.3 Å². The molecule has 2 nitrogen and oxygen atoms in total. The maximum absolute atomic E-state index is 13.3. The third kappa shape index (κ3) is 3.49. The van der Waals surface area contributed by atoms with Crippen molar-refractivity contribution in [1.82, 2.24) is 4.98 Å². The Bertz CT molecular complexity index is 1090. The Balaban J connectivity index is 1.80. The SMILES string of the molecule is FC(F)(F)c1cccc2c(-c3cccc(Nc4ccccc4)c3)ccnc12. The lowest BCUT2D eigenvalue weighted by molar-refractivity contribution is -0.136. The predicted molar refractivity (Wildman–Crippen MR) is 102 cm³/mol. The quantitative estimate of drug-likeness (QED) is 0.439. The number of pyridine rings is 1.